The Kier molecular flexibility index (Phi) is 4.75. The number of methoxy groups -OCH3 is 2. The number of esters is 1. The van der Waals surface area contributed by atoms with Crippen molar-refractivity contribution in [2.75, 3.05) is 14.2 Å². The highest BCUT2D eigenvalue weighted by atomic mass is 16.6. The molecule has 0 aliphatic carbocycles. The molecule has 0 bridgehead atoms. The minimum absolute atomic E-state index is 0.0991. The molecule has 0 amide bonds. The number of nitro benzene ring substituents is 1. The summed E-state index contributed by atoms with van der Waals surface area (Å²) in [4.78, 5) is 21.2. The van der Waals surface area contributed by atoms with Gasteiger partial charge in [-0.2, -0.15) is 0 Å². The van der Waals surface area contributed by atoms with Gasteiger partial charge in [-0.05, 0) is 17.7 Å². The molecule has 0 aliphatic heterocycles. The number of benzene rings is 1. The third-order valence-electron chi connectivity index (χ3n) is 2.42. The van der Waals surface area contributed by atoms with Gasteiger partial charge in [-0.3, -0.25) is 10.1 Å². The molecule has 2 atom stereocenters. The molecule has 1 aromatic carbocycles. The van der Waals surface area contributed by atoms with Gasteiger partial charge >= 0.3 is 5.97 Å². The number of aliphatic hydroxyl groups is 1. The van der Waals surface area contributed by atoms with Crippen molar-refractivity contribution in [3.05, 3.63) is 39.9 Å². The van der Waals surface area contributed by atoms with Crippen LogP contribution in [0.15, 0.2) is 24.3 Å². The van der Waals surface area contributed by atoms with E-state index in [0.717, 1.165) is 0 Å². The van der Waals surface area contributed by atoms with Crippen LogP contribution < -0.4 is 0 Å². The van der Waals surface area contributed by atoms with Gasteiger partial charge in [-0.1, -0.05) is 0 Å². The molecule has 0 aliphatic rings. The largest absolute Gasteiger partial charge is 0.467 e. The van der Waals surface area contributed by atoms with Crippen LogP contribution in [0.1, 0.15) is 11.7 Å². The van der Waals surface area contributed by atoms with Gasteiger partial charge in [0.15, 0.2) is 6.10 Å². The second kappa shape index (κ2) is 6.08. The maximum Gasteiger partial charge on any atom is 0.338 e. The van der Waals surface area contributed by atoms with Crippen molar-refractivity contribution >= 4 is 11.7 Å². The van der Waals surface area contributed by atoms with Crippen molar-refractivity contribution in [1.29, 1.82) is 0 Å². The molecular formula is C11H13NO6. The van der Waals surface area contributed by atoms with Crippen LogP contribution in [0, 0.1) is 10.1 Å². The number of nitrogens with zero attached hydrogens (tertiary/aromatic N) is 1. The zero-order chi connectivity index (χ0) is 13.7. The zero-order valence-corrected chi connectivity index (χ0v) is 9.90. The Morgan fingerprint density at radius 2 is 1.89 bits per heavy atom. The predicted octanol–water partition coefficient (Wildman–Crippen LogP) is 0.816. The van der Waals surface area contributed by atoms with Gasteiger partial charge in [0, 0.05) is 19.2 Å². The van der Waals surface area contributed by atoms with Crippen LogP contribution in [0.4, 0.5) is 5.69 Å². The first kappa shape index (κ1) is 14.1. The van der Waals surface area contributed by atoms with E-state index in [1.54, 1.807) is 0 Å². The summed E-state index contributed by atoms with van der Waals surface area (Å²) in [6.45, 7) is 0. The number of rotatable bonds is 5. The van der Waals surface area contributed by atoms with Gasteiger partial charge in [0.25, 0.3) is 5.69 Å². The molecule has 0 spiro atoms. The second-order valence-corrected chi connectivity index (χ2v) is 3.47. The number of carbonyl (C=O) groups is 1. The fraction of sp³-hybridized carbons (Fsp3) is 0.364. The molecule has 0 aromatic heterocycles. The summed E-state index contributed by atoms with van der Waals surface area (Å²) in [5.74, 6) is -0.719. The summed E-state index contributed by atoms with van der Waals surface area (Å²) in [6.07, 6.45) is -2.42. The molecule has 7 nitrogen and oxygen atoms in total. The Morgan fingerprint density at radius 1 is 1.33 bits per heavy atom. The first-order chi connectivity index (χ1) is 8.51. The average Bonchev–Trinajstić information content (AvgIpc) is 2.39. The highest BCUT2D eigenvalue weighted by Crippen LogP contribution is 2.22. The van der Waals surface area contributed by atoms with E-state index in [-0.39, 0.29) is 5.69 Å². The van der Waals surface area contributed by atoms with Gasteiger partial charge in [0.05, 0.1) is 12.0 Å². The number of non-ortho nitro benzene ring substituents is 1. The molecule has 0 saturated carbocycles. The first-order valence-electron chi connectivity index (χ1n) is 5.04. The maximum atomic E-state index is 11.3. The van der Waals surface area contributed by atoms with Crippen molar-refractivity contribution in [2.45, 2.75) is 12.2 Å². The Hall–Kier alpha value is -1.99. The van der Waals surface area contributed by atoms with Crippen molar-refractivity contribution in [3.63, 3.8) is 0 Å². The van der Waals surface area contributed by atoms with E-state index < -0.39 is 23.1 Å². The third-order valence-corrected chi connectivity index (χ3v) is 2.42. The molecular weight excluding hydrogens is 242 g/mol. The molecule has 0 fully saturated rings. The van der Waals surface area contributed by atoms with Crippen LogP contribution in [0.2, 0.25) is 0 Å². The lowest BCUT2D eigenvalue weighted by molar-refractivity contribution is -0.384. The lowest BCUT2D eigenvalue weighted by Crippen LogP contribution is -2.31. The fourth-order valence-electron chi connectivity index (χ4n) is 1.44. The highest BCUT2D eigenvalue weighted by molar-refractivity contribution is 5.75. The summed E-state index contributed by atoms with van der Waals surface area (Å²) >= 11 is 0. The molecule has 18 heavy (non-hydrogen) atoms. The fourth-order valence-corrected chi connectivity index (χ4v) is 1.44. The Bertz CT molecular complexity index is 430. The molecule has 98 valence electrons. The van der Waals surface area contributed by atoms with Crippen LogP contribution in [0.5, 0.6) is 0 Å². The minimum atomic E-state index is -1.25. The van der Waals surface area contributed by atoms with Gasteiger partial charge in [0.1, 0.15) is 6.10 Å². The van der Waals surface area contributed by atoms with E-state index in [9.17, 15) is 20.0 Å². The summed E-state index contributed by atoms with van der Waals surface area (Å²) in [6, 6.07) is 5.20. The summed E-state index contributed by atoms with van der Waals surface area (Å²) in [7, 11) is 2.44. The smallest absolute Gasteiger partial charge is 0.338 e. The summed E-state index contributed by atoms with van der Waals surface area (Å²) in [5, 5.41) is 20.4. The van der Waals surface area contributed by atoms with Gasteiger partial charge in [-0.15, -0.1) is 0 Å². The van der Waals surface area contributed by atoms with E-state index >= 15 is 0 Å². The third kappa shape index (κ3) is 3.02. The average molecular weight is 255 g/mol. The molecule has 0 unspecified atom stereocenters. The minimum Gasteiger partial charge on any atom is -0.467 e. The predicted molar refractivity (Wildman–Crippen MR) is 60.9 cm³/mol. The Labute approximate surface area is 103 Å². The van der Waals surface area contributed by atoms with E-state index in [4.69, 9.17) is 4.74 Å². The number of nitro groups is 1. The van der Waals surface area contributed by atoms with Crippen molar-refractivity contribution in [1.82, 2.24) is 0 Å². The van der Waals surface area contributed by atoms with E-state index in [0.29, 0.717) is 5.56 Å². The quantitative estimate of drug-likeness (QED) is 0.475. The molecule has 1 aromatic rings. The first-order valence-corrected chi connectivity index (χ1v) is 5.04. The number of hydrogen-bond donors (Lipinski definition) is 1. The Balaban J connectivity index is 2.91. The molecule has 0 saturated heterocycles. The molecule has 0 heterocycles. The number of hydrogen-bond acceptors (Lipinski definition) is 6. The SMILES string of the molecule is COC(=O)[C@H](OC)[C@H](O)c1ccc([N+](=O)[O-])cc1. The molecule has 1 N–H and O–H groups in total. The van der Waals surface area contributed by atoms with E-state index in [2.05, 4.69) is 4.74 Å². The van der Waals surface area contributed by atoms with E-state index in [1.807, 2.05) is 0 Å². The van der Waals surface area contributed by atoms with Crippen LogP contribution in [-0.4, -0.2) is 36.3 Å². The monoisotopic (exact) mass is 255 g/mol. The topological polar surface area (TPSA) is 98.9 Å². The van der Waals surface area contributed by atoms with Crippen LogP contribution in [0.3, 0.4) is 0 Å². The van der Waals surface area contributed by atoms with Crippen LogP contribution in [-0.2, 0) is 14.3 Å². The normalized spacial score (nSPS) is 13.7. The van der Waals surface area contributed by atoms with Gasteiger partial charge < -0.3 is 14.6 Å². The summed E-state index contributed by atoms with van der Waals surface area (Å²) < 4.78 is 9.31. The van der Waals surface area contributed by atoms with Crippen LogP contribution in [0.25, 0.3) is 0 Å². The lowest BCUT2D eigenvalue weighted by atomic mass is 10.0. The number of carbonyl (C=O) groups excluding carboxylic acids is 1. The lowest BCUT2D eigenvalue weighted by Gasteiger charge is -2.19. The van der Waals surface area contributed by atoms with Gasteiger partial charge in [-0.25, -0.2) is 4.79 Å². The molecule has 1 rings (SSSR count). The Morgan fingerprint density at radius 3 is 2.28 bits per heavy atom. The van der Waals surface area contributed by atoms with Crippen molar-refractivity contribution in [3.8, 4) is 0 Å². The summed E-state index contributed by atoms with van der Waals surface area (Å²) in [5.41, 5.74) is 0.232. The standard InChI is InChI=1S/C11H13NO6/c1-17-10(11(14)18-2)9(13)7-3-5-8(6-4-7)12(15)16/h3-6,9-10,13H,1-2H3/t9-,10-/m1/s1. The maximum absolute atomic E-state index is 11.3. The van der Waals surface area contributed by atoms with Crippen LogP contribution >= 0.6 is 0 Å². The van der Waals surface area contributed by atoms with Crippen molar-refractivity contribution < 1.29 is 24.3 Å². The molecule has 7 heteroatoms. The van der Waals surface area contributed by atoms with Gasteiger partial charge in [0.2, 0.25) is 0 Å². The number of aliphatic hydroxyl groups excluding tert-OH is 1. The van der Waals surface area contributed by atoms with E-state index in [1.165, 1.54) is 38.5 Å². The zero-order valence-electron chi connectivity index (χ0n) is 9.90. The van der Waals surface area contributed by atoms with Crippen molar-refractivity contribution in [2.24, 2.45) is 0 Å². The number of ether oxygens (including phenoxy) is 2. The highest BCUT2D eigenvalue weighted by Gasteiger charge is 2.29. The molecule has 0 radical (unpaired) electrons. The second-order valence-electron chi connectivity index (χ2n) is 3.47.